The summed E-state index contributed by atoms with van der Waals surface area (Å²) in [5.41, 5.74) is 0.798. The Bertz CT molecular complexity index is 1280. The van der Waals surface area contributed by atoms with Gasteiger partial charge in [0.1, 0.15) is 11.6 Å². The highest BCUT2D eigenvalue weighted by Gasteiger charge is 2.17. The number of fused-ring (bicyclic) bond motifs is 1. The molecule has 174 valence electrons. The molecule has 0 unspecified atom stereocenters. The molecule has 3 aromatic rings. The van der Waals surface area contributed by atoms with Crippen LogP contribution in [0.5, 0.6) is 5.75 Å². The van der Waals surface area contributed by atoms with Crippen LogP contribution in [-0.4, -0.2) is 35.1 Å². The molecule has 0 aliphatic heterocycles. The summed E-state index contributed by atoms with van der Waals surface area (Å²) in [5, 5.41) is 5.33. The van der Waals surface area contributed by atoms with E-state index in [0.29, 0.717) is 37.5 Å². The fourth-order valence-electron chi connectivity index (χ4n) is 3.06. The number of aromatic nitrogens is 2. The Morgan fingerprint density at radius 3 is 2.73 bits per heavy atom. The summed E-state index contributed by atoms with van der Waals surface area (Å²) < 4.78 is 13.2. The molecule has 1 aromatic heterocycles. The second-order valence-electron chi connectivity index (χ2n) is 7.20. The van der Waals surface area contributed by atoms with Gasteiger partial charge in [0.15, 0.2) is 6.61 Å². The highest BCUT2D eigenvalue weighted by molar-refractivity contribution is 9.10. The average molecular weight is 600 g/mol. The Morgan fingerprint density at radius 2 is 2.03 bits per heavy atom. The van der Waals surface area contributed by atoms with Crippen LogP contribution in [-0.2, 0) is 9.53 Å². The van der Waals surface area contributed by atoms with E-state index >= 15 is 0 Å². The molecule has 7 nitrogen and oxygen atoms in total. The van der Waals surface area contributed by atoms with Crippen molar-refractivity contribution < 1.29 is 14.3 Å². The van der Waals surface area contributed by atoms with E-state index in [1.165, 1.54) is 10.9 Å². The van der Waals surface area contributed by atoms with Gasteiger partial charge in [-0.15, -0.1) is 0 Å². The van der Waals surface area contributed by atoms with Gasteiger partial charge in [0, 0.05) is 21.0 Å². The number of esters is 1. The predicted molar refractivity (Wildman–Crippen MR) is 137 cm³/mol. The fourth-order valence-corrected chi connectivity index (χ4v) is 4.37. The van der Waals surface area contributed by atoms with E-state index in [1.807, 2.05) is 19.9 Å². The SMILES string of the molecule is CCOC(=O)COc1c(Br)cc(Cl)cc1C=Nn1c([C@@H](C)CC)nc2ccc(Br)cc2c1=O. The van der Waals surface area contributed by atoms with Crippen molar-refractivity contribution in [2.45, 2.75) is 33.1 Å². The summed E-state index contributed by atoms with van der Waals surface area (Å²) in [5.74, 6) is 0.393. The van der Waals surface area contributed by atoms with Gasteiger partial charge in [-0.2, -0.15) is 9.78 Å². The maximum Gasteiger partial charge on any atom is 0.344 e. The number of nitrogens with zero attached hydrogens (tertiary/aromatic N) is 3. The first-order chi connectivity index (χ1) is 15.7. The molecular weight excluding hydrogens is 578 g/mol. The van der Waals surface area contributed by atoms with Gasteiger partial charge in [0.2, 0.25) is 0 Å². The standard InChI is InChI=1S/C23H22Br2ClN3O4/c1-4-13(3)22-28-19-7-6-15(24)9-17(19)23(31)29(22)27-11-14-8-16(26)10-18(25)21(14)33-12-20(30)32-5-2/h6-11,13H,4-5,12H2,1-3H3/t13-/m0/s1. The first-order valence-corrected chi connectivity index (χ1v) is 12.3. The monoisotopic (exact) mass is 597 g/mol. The summed E-state index contributed by atoms with van der Waals surface area (Å²) >= 11 is 13.0. The highest BCUT2D eigenvalue weighted by atomic mass is 79.9. The van der Waals surface area contributed by atoms with E-state index < -0.39 is 5.97 Å². The molecule has 0 bridgehead atoms. The van der Waals surface area contributed by atoms with Gasteiger partial charge in [0.05, 0.1) is 28.2 Å². The smallest absolute Gasteiger partial charge is 0.344 e. The van der Waals surface area contributed by atoms with Crippen molar-refractivity contribution in [1.29, 1.82) is 0 Å². The van der Waals surface area contributed by atoms with Gasteiger partial charge < -0.3 is 9.47 Å². The number of rotatable bonds is 8. The van der Waals surface area contributed by atoms with Crippen molar-refractivity contribution >= 4 is 66.5 Å². The van der Waals surface area contributed by atoms with E-state index in [-0.39, 0.29) is 24.7 Å². The van der Waals surface area contributed by atoms with Crippen molar-refractivity contribution in [1.82, 2.24) is 9.66 Å². The Hall–Kier alpha value is -2.23. The zero-order chi connectivity index (χ0) is 24.1. The number of carbonyl (C=O) groups is 1. The lowest BCUT2D eigenvalue weighted by atomic mass is 10.1. The van der Waals surface area contributed by atoms with E-state index in [1.54, 1.807) is 31.2 Å². The van der Waals surface area contributed by atoms with Crippen molar-refractivity contribution in [2.75, 3.05) is 13.2 Å². The minimum atomic E-state index is -0.498. The number of benzene rings is 2. The fraction of sp³-hybridized carbons (Fsp3) is 0.304. The lowest BCUT2D eigenvalue weighted by Crippen LogP contribution is -2.23. The molecule has 0 spiro atoms. The highest BCUT2D eigenvalue weighted by Crippen LogP contribution is 2.32. The maximum absolute atomic E-state index is 13.3. The van der Waals surface area contributed by atoms with Crippen LogP contribution in [0.1, 0.15) is 44.5 Å². The van der Waals surface area contributed by atoms with Gasteiger partial charge in [-0.3, -0.25) is 4.79 Å². The molecule has 1 heterocycles. The maximum atomic E-state index is 13.3. The van der Waals surface area contributed by atoms with Gasteiger partial charge in [0.25, 0.3) is 5.56 Å². The first-order valence-electron chi connectivity index (χ1n) is 10.3. The Balaban J connectivity index is 2.11. The zero-order valence-corrected chi connectivity index (χ0v) is 22.2. The summed E-state index contributed by atoms with van der Waals surface area (Å²) in [6.45, 7) is 5.70. The molecule has 3 rings (SSSR count). The van der Waals surface area contributed by atoms with E-state index in [9.17, 15) is 9.59 Å². The predicted octanol–water partition coefficient (Wildman–Crippen LogP) is 5.91. The van der Waals surface area contributed by atoms with Crippen molar-refractivity contribution in [3.8, 4) is 5.75 Å². The lowest BCUT2D eigenvalue weighted by Gasteiger charge is -2.14. The molecular formula is C23H22Br2ClN3O4. The Labute approximate surface area is 213 Å². The van der Waals surface area contributed by atoms with Crippen LogP contribution in [0.15, 0.2) is 49.2 Å². The van der Waals surface area contributed by atoms with Gasteiger partial charge in [-0.1, -0.05) is 41.4 Å². The minimum absolute atomic E-state index is 0.00599. The van der Waals surface area contributed by atoms with Crippen LogP contribution in [0.3, 0.4) is 0 Å². The summed E-state index contributed by atoms with van der Waals surface area (Å²) in [7, 11) is 0. The van der Waals surface area contributed by atoms with Gasteiger partial charge in [-0.25, -0.2) is 9.78 Å². The number of hydrogen-bond acceptors (Lipinski definition) is 6. The van der Waals surface area contributed by atoms with E-state index in [2.05, 4.69) is 37.0 Å². The van der Waals surface area contributed by atoms with Crippen LogP contribution in [0.25, 0.3) is 10.9 Å². The van der Waals surface area contributed by atoms with Crippen LogP contribution >= 0.6 is 43.5 Å². The molecule has 2 aromatic carbocycles. The second-order valence-corrected chi connectivity index (χ2v) is 9.41. The summed E-state index contributed by atoms with van der Waals surface area (Å²) in [6, 6.07) is 8.65. The number of hydrogen-bond donors (Lipinski definition) is 0. The minimum Gasteiger partial charge on any atom is -0.480 e. The molecule has 33 heavy (non-hydrogen) atoms. The molecule has 0 fully saturated rings. The third-order valence-corrected chi connectivity index (χ3v) is 6.18. The normalized spacial score (nSPS) is 12.3. The first kappa shape index (κ1) is 25.4. The third-order valence-electron chi connectivity index (χ3n) is 4.88. The number of halogens is 3. The van der Waals surface area contributed by atoms with Crippen LogP contribution in [0.2, 0.25) is 5.02 Å². The van der Waals surface area contributed by atoms with Crippen LogP contribution in [0.4, 0.5) is 0 Å². The third kappa shape index (κ3) is 6.02. The quantitative estimate of drug-likeness (QED) is 0.238. The second kappa shape index (κ2) is 11.3. The molecule has 0 aliphatic rings. The zero-order valence-electron chi connectivity index (χ0n) is 18.3. The topological polar surface area (TPSA) is 82.8 Å². The molecule has 0 radical (unpaired) electrons. The van der Waals surface area contributed by atoms with E-state index in [4.69, 9.17) is 26.1 Å². The molecule has 0 amide bonds. The van der Waals surface area contributed by atoms with Crippen molar-refractivity contribution in [3.05, 3.63) is 66.0 Å². The van der Waals surface area contributed by atoms with Gasteiger partial charge >= 0.3 is 5.97 Å². The van der Waals surface area contributed by atoms with Gasteiger partial charge in [-0.05, 0) is 59.6 Å². The van der Waals surface area contributed by atoms with Crippen molar-refractivity contribution in [3.63, 3.8) is 0 Å². The number of carbonyl (C=O) groups excluding carboxylic acids is 1. The summed E-state index contributed by atoms with van der Waals surface area (Å²) in [4.78, 5) is 29.8. The molecule has 0 saturated carbocycles. The van der Waals surface area contributed by atoms with Crippen molar-refractivity contribution in [2.24, 2.45) is 5.10 Å². The molecule has 10 heteroatoms. The summed E-state index contributed by atoms with van der Waals surface area (Å²) in [6.07, 6.45) is 2.25. The Kier molecular flexibility index (Phi) is 8.67. The Morgan fingerprint density at radius 1 is 1.27 bits per heavy atom. The average Bonchev–Trinajstić information content (AvgIpc) is 2.77. The molecule has 0 N–H and O–H groups in total. The lowest BCUT2D eigenvalue weighted by molar-refractivity contribution is -0.145. The molecule has 1 atom stereocenters. The molecule has 0 aliphatic carbocycles. The van der Waals surface area contributed by atoms with Crippen LogP contribution < -0.4 is 10.3 Å². The van der Waals surface area contributed by atoms with Crippen LogP contribution in [0, 0.1) is 0 Å². The number of ether oxygens (including phenoxy) is 2. The largest absolute Gasteiger partial charge is 0.480 e. The molecule has 0 saturated heterocycles. The van der Waals surface area contributed by atoms with E-state index in [0.717, 1.165) is 10.9 Å².